The Labute approximate surface area is 127 Å². The number of aliphatic hydroxyl groups is 1. The summed E-state index contributed by atoms with van der Waals surface area (Å²) in [5.41, 5.74) is -1.49. The third-order valence-electron chi connectivity index (χ3n) is 2.68. The molecule has 0 saturated heterocycles. The molecular weight excluding hydrogens is 298 g/mol. The molecule has 0 aliphatic rings. The number of likely N-dealkylation sites (N-methyl/N-ethyl adjacent to an activating group) is 1. The van der Waals surface area contributed by atoms with Gasteiger partial charge in [-0.2, -0.15) is 0 Å². The number of rotatable bonds is 7. The Kier molecular flexibility index (Phi) is 5.92. The first-order valence-corrected chi connectivity index (χ1v) is 6.61. The van der Waals surface area contributed by atoms with E-state index in [0.717, 1.165) is 0 Å². The number of pyridine rings is 1. The number of carboxylic acids is 1. The van der Waals surface area contributed by atoms with E-state index in [2.05, 4.69) is 10.3 Å². The highest BCUT2D eigenvalue weighted by atomic mass is 35.5. The number of amides is 1. The highest BCUT2D eigenvalue weighted by molar-refractivity contribution is 6.30. The van der Waals surface area contributed by atoms with E-state index in [4.69, 9.17) is 16.7 Å². The third-order valence-corrected chi connectivity index (χ3v) is 2.91. The van der Waals surface area contributed by atoms with Crippen LogP contribution < -0.4 is 10.2 Å². The number of aromatic nitrogens is 1. The van der Waals surface area contributed by atoms with Crippen LogP contribution in [0.4, 0.5) is 5.82 Å². The van der Waals surface area contributed by atoms with Crippen molar-refractivity contribution in [2.24, 2.45) is 0 Å². The van der Waals surface area contributed by atoms with E-state index in [-0.39, 0.29) is 19.0 Å². The quantitative estimate of drug-likeness (QED) is 0.677. The van der Waals surface area contributed by atoms with Gasteiger partial charge in [0.25, 0.3) is 0 Å². The molecule has 0 spiro atoms. The smallest absolute Gasteiger partial charge is 0.306 e. The van der Waals surface area contributed by atoms with Gasteiger partial charge in [0.2, 0.25) is 5.91 Å². The van der Waals surface area contributed by atoms with Crippen molar-refractivity contribution < 1.29 is 19.8 Å². The largest absolute Gasteiger partial charge is 0.481 e. The van der Waals surface area contributed by atoms with Gasteiger partial charge in [-0.15, -0.1) is 0 Å². The van der Waals surface area contributed by atoms with Gasteiger partial charge in [-0.25, -0.2) is 4.98 Å². The summed E-state index contributed by atoms with van der Waals surface area (Å²) in [6.07, 6.45) is 1.03. The molecule has 0 bridgehead atoms. The van der Waals surface area contributed by atoms with Gasteiger partial charge in [0.05, 0.1) is 23.6 Å². The number of carboxylic acid groups (broad SMARTS) is 1. The van der Waals surface area contributed by atoms with Crippen molar-refractivity contribution >= 4 is 29.3 Å². The summed E-state index contributed by atoms with van der Waals surface area (Å²) in [4.78, 5) is 28.0. The molecule has 0 aliphatic carbocycles. The maximum atomic E-state index is 11.8. The molecule has 1 aromatic heterocycles. The van der Waals surface area contributed by atoms with E-state index in [1.54, 1.807) is 24.1 Å². The molecule has 0 saturated carbocycles. The average molecular weight is 316 g/mol. The predicted molar refractivity (Wildman–Crippen MR) is 78.4 cm³/mol. The Morgan fingerprint density at radius 2 is 2.14 bits per heavy atom. The second-order valence-corrected chi connectivity index (χ2v) is 5.47. The van der Waals surface area contributed by atoms with Crippen LogP contribution in [-0.4, -0.2) is 52.8 Å². The molecule has 7 nitrogen and oxygen atoms in total. The summed E-state index contributed by atoms with van der Waals surface area (Å²) >= 11 is 5.73. The van der Waals surface area contributed by atoms with Crippen LogP contribution in [0.1, 0.15) is 13.3 Å². The Balaban J connectivity index is 2.46. The minimum Gasteiger partial charge on any atom is -0.481 e. The lowest BCUT2D eigenvalue weighted by Crippen LogP contribution is -2.45. The van der Waals surface area contributed by atoms with Gasteiger partial charge in [-0.05, 0) is 19.1 Å². The summed E-state index contributed by atoms with van der Waals surface area (Å²) in [5.74, 6) is -0.900. The lowest BCUT2D eigenvalue weighted by molar-refractivity contribution is -0.142. The fourth-order valence-corrected chi connectivity index (χ4v) is 1.74. The average Bonchev–Trinajstić information content (AvgIpc) is 2.36. The molecule has 116 valence electrons. The normalized spacial score (nSPS) is 13.3. The number of halogens is 1. The van der Waals surface area contributed by atoms with Crippen LogP contribution in [-0.2, 0) is 9.59 Å². The summed E-state index contributed by atoms with van der Waals surface area (Å²) in [5, 5.41) is 21.4. The first-order valence-electron chi connectivity index (χ1n) is 6.23. The maximum absolute atomic E-state index is 11.8. The minimum atomic E-state index is -1.49. The van der Waals surface area contributed by atoms with Gasteiger partial charge < -0.3 is 20.4 Å². The lowest BCUT2D eigenvalue weighted by atomic mass is 10.0. The van der Waals surface area contributed by atoms with Crippen molar-refractivity contribution in [3.05, 3.63) is 23.4 Å². The Morgan fingerprint density at radius 1 is 1.48 bits per heavy atom. The van der Waals surface area contributed by atoms with E-state index in [1.165, 1.54) is 13.1 Å². The monoisotopic (exact) mass is 315 g/mol. The molecule has 1 amide bonds. The van der Waals surface area contributed by atoms with Crippen molar-refractivity contribution in [3.63, 3.8) is 0 Å². The first kappa shape index (κ1) is 17.2. The molecule has 1 heterocycles. The van der Waals surface area contributed by atoms with Gasteiger partial charge in [-0.1, -0.05) is 11.6 Å². The van der Waals surface area contributed by atoms with Gasteiger partial charge >= 0.3 is 5.97 Å². The van der Waals surface area contributed by atoms with E-state index >= 15 is 0 Å². The van der Waals surface area contributed by atoms with E-state index in [1.807, 2.05) is 0 Å². The van der Waals surface area contributed by atoms with E-state index in [9.17, 15) is 14.7 Å². The number of nitrogens with zero attached hydrogens (tertiary/aromatic N) is 2. The van der Waals surface area contributed by atoms with Gasteiger partial charge in [0, 0.05) is 19.8 Å². The van der Waals surface area contributed by atoms with Gasteiger partial charge in [0.15, 0.2) is 0 Å². The highest BCUT2D eigenvalue weighted by Crippen LogP contribution is 2.12. The first-order chi connectivity index (χ1) is 9.69. The van der Waals surface area contributed by atoms with Crippen LogP contribution in [0, 0.1) is 0 Å². The molecule has 1 aromatic rings. The molecule has 21 heavy (non-hydrogen) atoms. The molecule has 8 heteroatoms. The lowest BCUT2D eigenvalue weighted by Gasteiger charge is -2.23. The zero-order valence-corrected chi connectivity index (χ0v) is 12.6. The van der Waals surface area contributed by atoms with Crippen molar-refractivity contribution in [2.75, 3.05) is 25.0 Å². The topological polar surface area (TPSA) is 103 Å². The maximum Gasteiger partial charge on any atom is 0.306 e. The van der Waals surface area contributed by atoms with Gasteiger partial charge in [-0.3, -0.25) is 9.59 Å². The standard InChI is InChI=1S/C13H18ClN3O4/c1-13(21,5-12(19)20)8-16-11(18)7-17(2)10-4-3-9(14)6-15-10/h3-4,6,21H,5,7-8H2,1-2H3,(H,16,18)(H,19,20). The van der Waals surface area contributed by atoms with Crippen LogP contribution in [0.5, 0.6) is 0 Å². The number of hydrogen-bond donors (Lipinski definition) is 3. The summed E-state index contributed by atoms with van der Waals surface area (Å²) in [7, 11) is 1.69. The minimum absolute atomic E-state index is 0.0256. The van der Waals surface area contributed by atoms with Crippen LogP contribution in [0.15, 0.2) is 18.3 Å². The number of nitrogens with one attached hydrogen (secondary N) is 1. The van der Waals surface area contributed by atoms with Crippen molar-refractivity contribution in [2.45, 2.75) is 18.9 Å². The van der Waals surface area contributed by atoms with Crippen LogP contribution in [0.25, 0.3) is 0 Å². The zero-order valence-electron chi connectivity index (χ0n) is 11.8. The number of anilines is 1. The van der Waals surface area contributed by atoms with Crippen molar-refractivity contribution in [1.29, 1.82) is 0 Å². The fraction of sp³-hybridized carbons (Fsp3) is 0.462. The van der Waals surface area contributed by atoms with Crippen LogP contribution >= 0.6 is 11.6 Å². The third kappa shape index (κ3) is 6.42. The zero-order chi connectivity index (χ0) is 16.0. The summed E-state index contributed by atoms with van der Waals surface area (Å²) in [6, 6.07) is 3.34. The fourth-order valence-electron chi connectivity index (χ4n) is 1.62. The van der Waals surface area contributed by atoms with Gasteiger partial charge in [0.1, 0.15) is 5.82 Å². The van der Waals surface area contributed by atoms with Crippen molar-refractivity contribution in [3.8, 4) is 0 Å². The highest BCUT2D eigenvalue weighted by Gasteiger charge is 2.25. The number of aliphatic carboxylic acids is 1. The van der Waals surface area contributed by atoms with Crippen LogP contribution in [0.2, 0.25) is 5.02 Å². The van der Waals surface area contributed by atoms with E-state index in [0.29, 0.717) is 10.8 Å². The molecule has 0 aromatic carbocycles. The molecule has 1 rings (SSSR count). The molecule has 1 atom stereocenters. The Hall–Kier alpha value is -1.86. The van der Waals surface area contributed by atoms with Crippen LogP contribution in [0.3, 0.4) is 0 Å². The molecule has 0 radical (unpaired) electrons. The molecule has 3 N–H and O–H groups in total. The second-order valence-electron chi connectivity index (χ2n) is 5.03. The van der Waals surface area contributed by atoms with E-state index < -0.39 is 18.0 Å². The molecular formula is C13H18ClN3O4. The predicted octanol–water partition coefficient (Wildman–Crippen LogP) is 0.513. The summed E-state index contributed by atoms with van der Waals surface area (Å²) < 4.78 is 0. The summed E-state index contributed by atoms with van der Waals surface area (Å²) in [6.45, 7) is 1.24. The molecule has 0 aliphatic heterocycles. The molecule has 0 fully saturated rings. The van der Waals surface area contributed by atoms with Crippen molar-refractivity contribution in [1.82, 2.24) is 10.3 Å². The Bertz CT molecular complexity index is 505. The number of carbonyl (C=O) groups is 2. The second kappa shape index (κ2) is 7.24. The number of carbonyl (C=O) groups excluding carboxylic acids is 1. The Morgan fingerprint density at radius 3 is 2.67 bits per heavy atom. The SMILES string of the molecule is CN(CC(=O)NCC(C)(O)CC(=O)O)c1ccc(Cl)cn1. The number of hydrogen-bond acceptors (Lipinski definition) is 5. The molecule has 1 unspecified atom stereocenters.